The SMILES string of the molecule is COc1cccc(C(=O)CSc2ccccc2Br)c1F. The molecule has 0 saturated heterocycles. The lowest BCUT2D eigenvalue weighted by atomic mass is 10.1. The van der Waals surface area contributed by atoms with Crippen molar-refractivity contribution in [3.05, 3.63) is 58.3 Å². The van der Waals surface area contributed by atoms with E-state index in [-0.39, 0.29) is 22.8 Å². The van der Waals surface area contributed by atoms with Gasteiger partial charge in [-0.05, 0) is 40.2 Å². The van der Waals surface area contributed by atoms with E-state index >= 15 is 0 Å². The fourth-order valence-corrected chi connectivity index (χ4v) is 3.12. The van der Waals surface area contributed by atoms with E-state index in [0.29, 0.717) is 0 Å². The summed E-state index contributed by atoms with van der Waals surface area (Å²) in [7, 11) is 1.38. The highest BCUT2D eigenvalue weighted by Gasteiger charge is 2.16. The fourth-order valence-electron chi connectivity index (χ4n) is 1.67. The Kier molecular flexibility index (Phi) is 5.20. The average Bonchev–Trinajstić information content (AvgIpc) is 2.46. The van der Waals surface area contributed by atoms with Crippen LogP contribution in [0.15, 0.2) is 51.8 Å². The number of rotatable bonds is 5. The van der Waals surface area contributed by atoms with Crippen LogP contribution in [0.5, 0.6) is 5.75 Å². The summed E-state index contributed by atoms with van der Waals surface area (Å²) in [4.78, 5) is 13.0. The monoisotopic (exact) mass is 354 g/mol. The molecule has 2 nitrogen and oxygen atoms in total. The molecule has 0 aliphatic carbocycles. The number of benzene rings is 2. The van der Waals surface area contributed by atoms with Crippen LogP contribution in [0.25, 0.3) is 0 Å². The van der Waals surface area contributed by atoms with Gasteiger partial charge in [-0.2, -0.15) is 0 Å². The molecule has 20 heavy (non-hydrogen) atoms. The van der Waals surface area contributed by atoms with E-state index < -0.39 is 5.82 Å². The molecule has 2 aromatic rings. The van der Waals surface area contributed by atoms with Crippen molar-refractivity contribution in [2.24, 2.45) is 0 Å². The lowest BCUT2D eigenvalue weighted by Gasteiger charge is -2.07. The third-order valence-corrected chi connectivity index (χ3v) is 4.71. The second-order valence-electron chi connectivity index (χ2n) is 3.96. The number of carbonyl (C=O) groups is 1. The third kappa shape index (κ3) is 3.41. The number of methoxy groups -OCH3 is 1. The van der Waals surface area contributed by atoms with Gasteiger partial charge >= 0.3 is 0 Å². The molecule has 104 valence electrons. The minimum atomic E-state index is -0.604. The van der Waals surface area contributed by atoms with Crippen LogP contribution in [0.1, 0.15) is 10.4 Å². The van der Waals surface area contributed by atoms with Crippen LogP contribution in [-0.2, 0) is 0 Å². The molecule has 0 heterocycles. The van der Waals surface area contributed by atoms with Gasteiger partial charge in [-0.3, -0.25) is 4.79 Å². The molecule has 0 unspecified atom stereocenters. The second kappa shape index (κ2) is 6.90. The maximum Gasteiger partial charge on any atom is 0.176 e. The van der Waals surface area contributed by atoms with Crippen LogP contribution in [0.3, 0.4) is 0 Å². The summed E-state index contributed by atoms with van der Waals surface area (Å²) >= 11 is 4.78. The lowest BCUT2D eigenvalue weighted by molar-refractivity contribution is 0.101. The maximum absolute atomic E-state index is 14.0. The van der Waals surface area contributed by atoms with Crippen molar-refractivity contribution < 1.29 is 13.9 Å². The molecule has 0 bridgehead atoms. The van der Waals surface area contributed by atoms with Gasteiger partial charge in [-0.15, -0.1) is 11.8 Å². The van der Waals surface area contributed by atoms with Gasteiger partial charge < -0.3 is 4.74 Å². The van der Waals surface area contributed by atoms with E-state index in [2.05, 4.69) is 15.9 Å². The summed E-state index contributed by atoms with van der Waals surface area (Å²) in [6, 6.07) is 12.2. The maximum atomic E-state index is 14.0. The van der Waals surface area contributed by atoms with Gasteiger partial charge in [0.25, 0.3) is 0 Å². The zero-order valence-electron chi connectivity index (χ0n) is 10.7. The molecule has 2 aromatic carbocycles. The van der Waals surface area contributed by atoms with Crippen molar-refractivity contribution in [1.82, 2.24) is 0 Å². The first-order valence-electron chi connectivity index (χ1n) is 5.86. The number of hydrogen-bond donors (Lipinski definition) is 0. The molecule has 0 radical (unpaired) electrons. The van der Waals surface area contributed by atoms with E-state index in [9.17, 15) is 9.18 Å². The van der Waals surface area contributed by atoms with Gasteiger partial charge in [-0.25, -0.2) is 4.39 Å². The Hall–Kier alpha value is -1.33. The molecular weight excluding hydrogens is 343 g/mol. The average molecular weight is 355 g/mol. The van der Waals surface area contributed by atoms with Crippen LogP contribution in [0.4, 0.5) is 4.39 Å². The molecule has 0 aliphatic heterocycles. The van der Waals surface area contributed by atoms with E-state index in [0.717, 1.165) is 9.37 Å². The summed E-state index contributed by atoms with van der Waals surface area (Å²) in [5.41, 5.74) is 0.0592. The fraction of sp³-hybridized carbons (Fsp3) is 0.133. The first kappa shape index (κ1) is 15.1. The zero-order valence-corrected chi connectivity index (χ0v) is 13.1. The van der Waals surface area contributed by atoms with Crippen molar-refractivity contribution in [3.8, 4) is 5.75 Å². The predicted molar refractivity (Wildman–Crippen MR) is 82.1 cm³/mol. The highest BCUT2D eigenvalue weighted by molar-refractivity contribution is 9.10. The highest BCUT2D eigenvalue weighted by Crippen LogP contribution is 2.28. The van der Waals surface area contributed by atoms with Gasteiger partial charge in [0.1, 0.15) is 0 Å². The van der Waals surface area contributed by atoms with Crippen LogP contribution in [-0.4, -0.2) is 18.6 Å². The molecule has 0 aliphatic rings. The van der Waals surface area contributed by atoms with Crippen LogP contribution < -0.4 is 4.74 Å². The number of ketones is 1. The number of halogens is 2. The Morgan fingerprint density at radius 1 is 1.25 bits per heavy atom. The van der Waals surface area contributed by atoms with E-state index in [1.807, 2.05) is 24.3 Å². The first-order valence-corrected chi connectivity index (χ1v) is 7.64. The Bertz CT molecular complexity index is 631. The minimum Gasteiger partial charge on any atom is -0.494 e. The summed E-state index contributed by atoms with van der Waals surface area (Å²) in [5, 5.41) is 0. The molecule has 0 aromatic heterocycles. The number of hydrogen-bond acceptors (Lipinski definition) is 3. The standard InChI is InChI=1S/C15H12BrFO2S/c1-19-13-7-4-5-10(15(13)17)12(18)9-20-14-8-3-2-6-11(14)16/h2-8H,9H2,1H3. The number of Topliss-reactive ketones (excluding diaryl/α,β-unsaturated/α-hetero) is 1. The van der Waals surface area contributed by atoms with Crippen LogP contribution in [0, 0.1) is 5.82 Å². The lowest BCUT2D eigenvalue weighted by Crippen LogP contribution is -2.06. The van der Waals surface area contributed by atoms with Gasteiger partial charge in [0.2, 0.25) is 0 Å². The summed E-state index contributed by atoms with van der Waals surface area (Å²) < 4.78 is 19.8. The summed E-state index contributed by atoms with van der Waals surface area (Å²) in [6.07, 6.45) is 0. The molecule has 0 N–H and O–H groups in total. The van der Waals surface area contributed by atoms with Gasteiger partial charge in [-0.1, -0.05) is 18.2 Å². The molecule has 2 rings (SSSR count). The quantitative estimate of drug-likeness (QED) is 0.581. The minimum absolute atomic E-state index is 0.0592. The smallest absolute Gasteiger partial charge is 0.176 e. The molecule has 0 fully saturated rings. The molecule has 0 saturated carbocycles. The zero-order chi connectivity index (χ0) is 14.5. The Balaban J connectivity index is 2.12. The first-order chi connectivity index (χ1) is 9.63. The number of carbonyl (C=O) groups excluding carboxylic acids is 1. The molecular formula is C15H12BrFO2S. The third-order valence-electron chi connectivity index (χ3n) is 2.68. The Morgan fingerprint density at radius 3 is 2.70 bits per heavy atom. The summed E-state index contributed by atoms with van der Waals surface area (Å²) in [6.45, 7) is 0. The van der Waals surface area contributed by atoms with E-state index in [4.69, 9.17) is 4.74 Å². The van der Waals surface area contributed by atoms with Gasteiger partial charge in [0.05, 0.1) is 18.4 Å². The van der Waals surface area contributed by atoms with E-state index in [1.165, 1.54) is 31.0 Å². The number of ether oxygens (including phenoxy) is 1. The second-order valence-corrected chi connectivity index (χ2v) is 5.84. The summed E-state index contributed by atoms with van der Waals surface area (Å²) in [5.74, 6) is -0.608. The van der Waals surface area contributed by atoms with E-state index in [1.54, 1.807) is 6.07 Å². The predicted octanol–water partition coefficient (Wildman–Crippen LogP) is 4.57. The Labute approximate surface area is 129 Å². The largest absolute Gasteiger partial charge is 0.494 e. The van der Waals surface area contributed by atoms with Crippen molar-refractivity contribution in [3.63, 3.8) is 0 Å². The van der Waals surface area contributed by atoms with Crippen LogP contribution in [0.2, 0.25) is 0 Å². The van der Waals surface area contributed by atoms with Crippen molar-refractivity contribution in [1.29, 1.82) is 0 Å². The molecule has 0 spiro atoms. The normalized spacial score (nSPS) is 10.3. The van der Waals surface area contributed by atoms with Crippen molar-refractivity contribution in [2.75, 3.05) is 12.9 Å². The topological polar surface area (TPSA) is 26.3 Å². The van der Waals surface area contributed by atoms with Crippen LogP contribution >= 0.6 is 27.7 Å². The van der Waals surface area contributed by atoms with Crippen molar-refractivity contribution in [2.45, 2.75) is 4.90 Å². The number of thioether (sulfide) groups is 1. The molecule has 5 heteroatoms. The van der Waals surface area contributed by atoms with Crippen molar-refractivity contribution >= 4 is 33.5 Å². The van der Waals surface area contributed by atoms with Gasteiger partial charge in [0, 0.05) is 9.37 Å². The Morgan fingerprint density at radius 2 is 2.00 bits per heavy atom. The van der Waals surface area contributed by atoms with Gasteiger partial charge in [0.15, 0.2) is 17.3 Å². The molecule has 0 amide bonds. The highest BCUT2D eigenvalue weighted by atomic mass is 79.9. The molecule has 0 atom stereocenters.